The zero-order valence-electron chi connectivity index (χ0n) is 24.5. The third-order valence-corrected chi connectivity index (χ3v) is 10.5. The summed E-state index contributed by atoms with van der Waals surface area (Å²) in [6.45, 7) is 8.45. The van der Waals surface area contributed by atoms with E-state index in [1.54, 1.807) is 4.90 Å². The highest BCUT2D eigenvalue weighted by Gasteiger charge is 2.72. The molecule has 4 aliphatic heterocycles. The molecule has 7 atom stereocenters. The highest BCUT2D eigenvalue weighted by atomic mass is 16.7. The molecule has 1 aliphatic carbocycles. The Bertz CT molecular complexity index is 1440. The van der Waals surface area contributed by atoms with Gasteiger partial charge in [-0.3, -0.25) is 24.0 Å². The second kappa shape index (κ2) is 9.02. The Morgan fingerprint density at radius 1 is 1.22 bits per heavy atom. The molecule has 1 aromatic carbocycles. The van der Waals surface area contributed by atoms with Crippen LogP contribution in [0.5, 0.6) is 0 Å². The van der Waals surface area contributed by atoms with E-state index in [-0.39, 0.29) is 35.6 Å². The number of aromatic nitrogens is 1. The fraction of sp³-hybridized carbons (Fsp3) is 0.645. The number of nitrogens with one attached hydrogen (secondary N) is 2. The lowest BCUT2D eigenvalue weighted by Gasteiger charge is -2.49. The van der Waals surface area contributed by atoms with Crippen LogP contribution < -0.4 is 5.32 Å². The van der Waals surface area contributed by atoms with Crippen LogP contribution in [0, 0.1) is 17.8 Å². The first-order valence-corrected chi connectivity index (χ1v) is 15.2. The van der Waals surface area contributed by atoms with Gasteiger partial charge in [-0.2, -0.15) is 0 Å². The van der Waals surface area contributed by atoms with E-state index in [1.807, 2.05) is 27.7 Å². The first kappa shape index (κ1) is 26.9. The first-order valence-electron chi connectivity index (χ1n) is 15.2. The van der Waals surface area contributed by atoms with Gasteiger partial charge in [-0.1, -0.05) is 39.8 Å². The van der Waals surface area contributed by atoms with Gasteiger partial charge in [0.2, 0.25) is 17.5 Å². The normalized spacial score (nSPS) is 36.7. The number of likely N-dealkylation sites (N-methyl/N-ethyl adjacent to an activating group) is 1. The van der Waals surface area contributed by atoms with Crippen LogP contribution in [0.1, 0.15) is 64.0 Å². The fourth-order valence-corrected chi connectivity index (χ4v) is 8.50. The van der Waals surface area contributed by atoms with Gasteiger partial charge in [0.15, 0.2) is 0 Å². The molecule has 10 heteroatoms. The van der Waals surface area contributed by atoms with Gasteiger partial charge in [-0.15, -0.1) is 0 Å². The van der Waals surface area contributed by atoms with Gasteiger partial charge in [0.1, 0.15) is 12.1 Å². The lowest BCUT2D eigenvalue weighted by molar-refractivity contribution is -0.323. The number of rotatable bonds is 4. The Hall–Kier alpha value is -2.95. The monoisotopic (exact) mass is 563 g/mol. The van der Waals surface area contributed by atoms with Crippen molar-refractivity contribution < 1.29 is 24.2 Å². The van der Waals surface area contributed by atoms with Crippen molar-refractivity contribution in [2.24, 2.45) is 17.8 Å². The minimum absolute atomic E-state index is 0.162. The van der Waals surface area contributed by atoms with Crippen LogP contribution >= 0.6 is 0 Å². The second-order valence-electron chi connectivity index (χ2n) is 13.5. The van der Waals surface area contributed by atoms with E-state index in [4.69, 9.17) is 4.74 Å². The summed E-state index contributed by atoms with van der Waals surface area (Å²) in [6, 6.07) is 5.10. The number of carbonyl (C=O) groups is 3. The molecule has 4 fully saturated rings. The van der Waals surface area contributed by atoms with Crippen molar-refractivity contribution >= 4 is 28.6 Å². The molecule has 5 aliphatic rings. The topological polar surface area (TPSA) is 118 Å². The first-order chi connectivity index (χ1) is 19.5. The smallest absolute Gasteiger partial charge is 0.281 e. The number of likely N-dealkylation sites (tertiary alicyclic amines) is 1. The summed E-state index contributed by atoms with van der Waals surface area (Å²) >= 11 is 0. The quantitative estimate of drug-likeness (QED) is 0.525. The average molecular weight is 564 g/mol. The summed E-state index contributed by atoms with van der Waals surface area (Å²) in [5.41, 5.74) is 1.93. The van der Waals surface area contributed by atoms with Crippen LogP contribution in [0.25, 0.3) is 10.9 Å². The molecule has 4 saturated heterocycles. The van der Waals surface area contributed by atoms with E-state index in [9.17, 15) is 19.5 Å². The van der Waals surface area contributed by atoms with E-state index in [1.165, 1.54) is 21.4 Å². The number of amides is 3. The number of piperidine rings is 1. The van der Waals surface area contributed by atoms with Crippen molar-refractivity contribution in [2.75, 3.05) is 20.1 Å². The van der Waals surface area contributed by atoms with Crippen LogP contribution in [0.15, 0.2) is 24.4 Å². The number of ether oxygens (including phenoxy) is 1. The SMILES string of the molecule is CC(C)[C@H]1C(=O)N2CCC[C@H]2[C@]2(O)O[C@](NC(=O)[C@@H]3CC4c5cccc6[nH]cc(c56)C[C@H]4N(C)C3)(C(C)C)C(=O)N12. The molecule has 2 aromatic rings. The van der Waals surface area contributed by atoms with Crippen molar-refractivity contribution in [3.63, 3.8) is 0 Å². The third-order valence-electron chi connectivity index (χ3n) is 10.5. The summed E-state index contributed by atoms with van der Waals surface area (Å²) in [5, 5.41) is 16.4. The lowest BCUT2D eigenvalue weighted by atomic mass is 9.72. The van der Waals surface area contributed by atoms with E-state index in [2.05, 4.69) is 46.6 Å². The van der Waals surface area contributed by atoms with Crippen molar-refractivity contribution in [1.29, 1.82) is 0 Å². The number of fused-ring (bicyclic) bond motifs is 5. The number of aliphatic hydroxyl groups is 1. The number of aromatic amines is 1. The Morgan fingerprint density at radius 3 is 2.73 bits per heavy atom. The molecule has 220 valence electrons. The molecule has 0 bridgehead atoms. The maximum atomic E-state index is 14.3. The molecule has 1 aromatic heterocycles. The molecule has 7 rings (SSSR count). The van der Waals surface area contributed by atoms with E-state index < -0.39 is 35.5 Å². The number of nitrogens with zero attached hydrogens (tertiary/aromatic N) is 3. The number of hydrogen-bond donors (Lipinski definition) is 3. The van der Waals surface area contributed by atoms with Gasteiger partial charge in [0.25, 0.3) is 11.8 Å². The van der Waals surface area contributed by atoms with Crippen LogP contribution in [0.3, 0.4) is 0 Å². The number of hydrogen-bond acceptors (Lipinski definition) is 6. The van der Waals surface area contributed by atoms with Crippen molar-refractivity contribution in [3.8, 4) is 0 Å². The Kier molecular flexibility index (Phi) is 5.92. The average Bonchev–Trinajstić information content (AvgIpc) is 3.64. The highest BCUT2D eigenvalue weighted by Crippen LogP contribution is 2.49. The minimum atomic E-state index is -1.99. The molecule has 0 spiro atoms. The second-order valence-corrected chi connectivity index (χ2v) is 13.5. The summed E-state index contributed by atoms with van der Waals surface area (Å²) in [4.78, 5) is 50.6. The number of piperazine rings is 1. The Balaban J connectivity index is 1.21. The molecular formula is C31H41N5O5. The van der Waals surface area contributed by atoms with Crippen molar-refractivity contribution in [3.05, 3.63) is 35.5 Å². The lowest BCUT2D eigenvalue weighted by Crippen LogP contribution is -2.72. The van der Waals surface area contributed by atoms with Gasteiger partial charge in [-0.05, 0) is 55.8 Å². The van der Waals surface area contributed by atoms with Gasteiger partial charge in [0, 0.05) is 48.1 Å². The number of benzene rings is 1. The molecule has 1 unspecified atom stereocenters. The summed E-state index contributed by atoms with van der Waals surface area (Å²) in [5.74, 6) is -3.87. The zero-order chi connectivity index (χ0) is 29.0. The predicted molar refractivity (Wildman–Crippen MR) is 151 cm³/mol. The largest absolute Gasteiger partial charge is 0.361 e. The fourth-order valence-electron chi connectivity index (χ4n) is 8.50. The van der Waals surface area contributed by atoms with Gasteiger partial charge in [0.05, 0.1) is 5.92 Å². The van der Waals surface area contributed by atoms with Gasteiger partial charge < -0.3 is 25.2 Å². The molecule has 3 amide bonds. The summed E-state index contributed by atoms with van der Waals surface area (Å²) in [7, 11) is 2.07. The van der Waals surface area contributed by atoms with Gasteiger partial charge >= 0.3 is 0 Å². The molecule has 0 saturated carbocycles. The molecule has 10 nitrogen and oxygen atoms in total. The highest BCUT2D eigenvalue weighted by molar-refractivity contribution is 5.98. The maximum absolute atomic E-state index is 14.3. The Labute approximate surface area is 240 Å². The van der Waals surface area contributed by atoms with E-state index in [0.29, 0.717) is 25.9 Å². The van der Waals surface area contributed by atoms with Crippen LogP contribution in [0.2, 0.25) is 0 Å². The van der Waals surface area contributed by atoms with Crippen LogP contribution in [-0.4, -0.2) is 92.4 Å². The summed E-state index contributed by atoms with van der Waals surface area (Å²) in [6.07, 6.45) is 4.94. The van der Waals surface area contributed by atoms with Crippen LogP contribution in [-0.2, 0) is 25.5 Å². The number of carbonyl (C=O) groups excluding carboxylic acids is 3. The molecule has 5 heterocycles. The third kappa shape index (κ3) is 3.56. The maximum Gasteiger partial charge on any atom is 0.281 e. The Morgan fingerprint density at radius 2 is 2.00 bits per heavy atom. The van der Waals surface area contributed by atoms with E-state index in [0.717, 1.165) is 18.4 Å². The molecular weight excluding hydrogens is 522 g/mol. The standard InChI is InChI=1S/C31H41N5O5/c1-16(2)26-28(38)35-11-7-10-24(35)31(40)36(26)29(39)30(41-31,17(3)4)33-27(37)19-12-21-20-8-6-9-22-25(20)18(14-32-22)13-23(21)34(5)15-19/h6,8-9,14,16-17,19,21,23-24,26,32,40H,7,10-13,15H2,1-5H3,(H,33,37)/t19-,21?,23-,24+,26+,30-,31+/m1/s1. The number of H-pyrrole nitrogens is 1. The minimum Gasteiger partial charge on any atom is -0.361 e. The molecule has 0 radical (unpaired) electrons. The van der Waals surface area contributed by atoms with Crippen molar-refractivity contribution in [2.45, 2.75) is 89.1 Å². The molecule has 41 heavy (non-hydrogen) atoms. The zero-order valence-corrected chi connectivity index (χ0v) is 24.5. The van der Waals surface area contributed by atoms with E-state index >= 15 is 0 Å². The van der Waals surface area contributed by atoms with Crippen molar-refractivity contribution in [1.82, 2.24) is 25.0 Å². The van der Waals surface area contributed by atoms with Gasteiger partial charge in [-0.25, -0.2) is 0 Å². The molecule has 3 N–H and O–H groups in total. The van der Waals surface area contributed by atoms with Crippen LogP contribution in [0.4, 0.5) is 0 Å². The predicted octanol–water partition coefficient (Wildman–Crippen LogP) is 2.13. The summed E-state index contributed by atoms with van der Waals surface area (Å²) < 4.78 is 6.42.